The van der Waals surface area contributed by atoms with E-state index in [1.165, 1.54) is 24.3 Å². The molecule has 0 aliphatic rings. The molecule has 0 fully saturated rings. The summed E-state index contributed by atoms with van der Waals surface area (Å²) < 4.78 is 9.78. The third-order valence-corrected chi connectivity index (χ3v) is 2.04. The van der Waals surface area contributed by atoms with E-state index in [0.717, 1.165) is 0 Å². The predicted molar refractivity (Wildman–Crippen MR) is 68.7 cm³/mol. The number of carboxylic acids is 1. The van der Waals surface area contributed by atoms with Gasteiger partial charge in [0.25, 0.3) is 0 Å². The van der Waals surface area contributed by atoms with Gasteiger partial charge in [-0.2, -0.15) is 0 Å². The molecule has 0 spiro atoms. The number of hydrogen-bond donors (Lipinski definition) is 2. The SMILES string of the molecule is O=C(O)c1cccc(C(=O)OCCOCCO)c1.[NaH]. The number of aliphatic hydroxyl groups excluding tert-OH is 1. The van der Waals surface area contributed by atoms with Crippen LogP contribution in [0.15, 0.2) is 24.3 Å². The Morgan fingerprint density at radius 1 is 1.11 bits per heavy atom. The minimum atomic E-state index is -1.10. The van der Waals surface area contributed by atoms with Crippen molar-refractivity contribution in [3.8, 4) is 0 Å². The molecule has 7 heteroatoms. The number of carbonyl (C=O) groups is 2. The molecule has 0 amide bonds. The second-order valence-electron chi connectivity index (χ2n) is 3.36. The molecule has 0 saturated heterocycles. The molecule has 100 valence electrons. The Kier molecular flexibility index (Phi) is 9.46. The third-order valence-electron chi connectivity index (χ3n) is 2.04. The summed E-state index contributed by atoms with van der Waals surface area (Å²) in [5, 5.41) is 17.2. The molecule has 0 saturated carbocycles. The normalized spacial score (nSPS) is 9.53. The van der Waals surface area contributed by atoms with Gasteiger partial charge in [0.05, 0.1) is 30.9 Å². The first-order valence-corrected chi connectivity index (χ1v) is 5.34. The zero-order valence-electron chi connectivity index (χ0n) is 9.67. The van der Waals surface area contributed by atoms with Gasteiger partial charge < -0.3 is 19.7 Å². The van der Waals surface area contributed by atoms with Crippen LogP contribution in [-0.4, -0.2) is 78.1 Å². The van der Waals surface area contributed by atoms with Crippen LogP contribution in [0.1, 0.15) is 20.7 Å². The summed E-state index contributed by atoms with van der Waals surface area (Å²) in [7, 11) is 0. The summed E-state index contributed by atoms with van der Waals surface area (Å²) >= 11 is 0. The number of carboxylic acid groups (broad SMARTS) is 1. The Balaban J connectivity index is 0.00000324. The van der Waals surface area contributed by atoms with Crippen molar-refractivity contribution < 1.29 is 29.3 Å². The van der Waals surface area contributed by atoms with Gasteiger partial charge in [-0.1, -0.05) is 6.07 Å². The molecule has 0 heterocycles. The Labute approximate surface area is 132 Å². The molecule has 0 unspecified atom stereocenters. The van der Waals surface area contributed by atoms with Crippen molar-refractivity contribution in [2.75, 3.05) is 26.4 Å². The number of aliphatic hydroxyl groups is 1. The molecular formula is C12H15NaO6. The van der Waals surface area contributed by atoms with E-state index in [9.17, 15) is 9.59 Å². The number of hydrogen-bond acceptors (Lipinski definition) is 5. The first-order valence-electron chi connectivity index (χ1n) is 5.34. The van der Waals surface area contributed by atoms with E-state index in [0.29, 0.717) is 0 Å². The minimum absolute atomic E-state index is 0. The molecule has 0 bridgehead atoms. The van der Waals surface area contributed by atoms with Crippen LogP contribution < -0.4 is 0 Å². The molecule has 0 atom stereocenters. The summed E-state index contributed by atoms with van der Waals surface area (Å²) in [5.74, 6) is -1.71. The van der Waals surface area contributed by atoms with Crippen LogP contribution in [0.4, 0.5) is 0 Å². The zero-order valence-corrected chi connectivity index (χ0v) is 9.67. The average molecular weight is 278 g/mol. The van der Waals surface area contributed by atoms with E-state index in [2.05, 4.69) is 0 Å². The Hall–Kier alpha value is -0.920. The van der Waals surface area contributed by atoms with Gasteiger partial charge in [0.15, 0.2) is 0 Å². The van der Waals surface area contributed by atoms with Crippen molar-refractivity contribution in [1.82, 2.24) is 0 Å². The van der Waals surface area contributed by atoms with Crippen LogP contribution >= 0.6 is 0 Å². The molecule has 1 aromatic carbocycles. The van der Waals surface area contributed by atoms with E-state index >= 15 is 0 Å². The van der Waals surface area contributed by atoms with E-state index in [1.807, 2.05) is 0 Å². The van der Waals surface area contributed by atoms with Crippen LogP contribution in [0.3, 0.4) is 0 Å². The molecular weight excluding hydrogens is 263 g/mol. The molecule has 0 radical (unpaired) electrons. The number of benzene rings is 1. The fraction of sp³-hybridized carbons (Fsp3) is 0.333. The van der Waals surface area contributed by atoms with Crippen LogP contribution in [0, 0.1) is 0 Å². The van der Waals surface area contributed by atoms with Gasteiger partial charge in [0, 0.05) is 0 Å². The van der Waals surface area contributed by atoms with Crippen molar-refractivity contribution in [2.45, 2.75) is 0 Å². The van der Waals surface area contributed by atoms with Gasteiger partial charge in [0.2, 0.25) is 0 Å². The van der Waals surface area contributed by atoms with Gasteiger partial charge >= 0.3 is 41.5 Å². The number of esters is 1. The first kappa shape index (κ1) is 18.1. The zero-order chi connectivity index (χ0) is 13.4. The van der Waals surface area contributed by atoms with Gasteiger partial charge in [-0.05, 0) is 18.2 Å². The molecule has 6 nitrogen and oxygen atoms in total. The molecule has 2 N–H and O–H groups in total. The van der Waals surface area contributed by atoms with Crippen molar-refractivity contribution in [2.24, 2.45) is 0 Å². The standard InChI is InChI=1S/C12H14O6.Na.H/c13-4-5-17-6-7-18-12(16)10-3-1-2-9(8-10)11(14)15;;/h1-3,8,13H,4-7H2,(H,14,15);;. The molecule has 0 aliphatic heterocycles. The first-order chi connectivity index (χ1) is 8.65. The summed E-state index contributed by atoms with van der Waals surface area (Å²) in [6, 6.07) is 5.59. The number of carbonyl (C=O) groups excluding carboxylic acids is 1. The molecule has 0 aliphatic carbocycles. The van der Waals surface area contributed by atoms with Crippen molar-refractivity contribution in [3.63, 3.8) is 0 Å². The number of rotatable bonds is 7. The fourth-order valence-electron chi connectivity index (χ4n) is 1.22. The van der Waals surface area contributed by atoms with Crippen molar-refractivity contribution in [1.29, 1.82) is 0 Å². The van der Waals surface area contributed by atoms with Crippen LogP contribution in [0.25, 0.3) is 0 Å². The van der Waals surface area contributed by atoms with Gasteiger partial charge in [-0.15, -0.1) is 0 Å². The second-order valence-corrected chi connectivity index (χ2v) is 3.36. The maximum absolute atomic E-state index is 11.5. The van der Waals surface area contributed by atoms with Crippen molar-refractivity contribution in [3.05, 3.63) is 35.4 Å². The molecule has 1 aromatic rings. The van der Waals surface area contributed by atoms with E-state index in [1.54, 1.807) is 0 Å². The summed E-state index contributed by atoms with van der Waals surface area (Å²) in [6.45, 7) is 0.335. The maximum atomic E-state index is 11.5. The quantitative estimate of drug-likeness (QED) is 0.411. The van der Waals surface area contributed by atoms with Crippen molar-refractivity contribution >= 4 is 41.5 Å². The summed E-state index contributed by atoms with van der Waals surface area (Å²) in [6.07, 6.45) is 0. The number of aromatic carboxylic acids is 1. The van der Waals surface area contributed by atoms with Crippen LogP contribution in [0.5, 0.6) is 0 Å². The summed E-state index contributed by atoms with van der Waals surface area (Å²) in [5.41, 5.74) is 0.207. The van der Waals surface area contributed by atoms with E-state index in [4.69, 9.17) is 19.7 Å². The van der Waals surface area contributed by atoms with Gasteiger partial charge in [-0.3, -0.25) is 0 Å². The Bertz CT molecular complexity index is 420. The predicted octanol–water partition coefficient (Wildman–Crippen LogP) is -0.0980. The Morgan fingerprint density at radius 3 is 2.42 bits per heavy atom. The molecule has 0 aromatic heterocycles. The second kappa shape index (κ2) is 9.94. The third kappa shape index (κ3) is 6.70. The summed E-state index contributed by atoms with van der Waals surface area (Å²) in [4.78, 5) is 22.2. The van der Waals surface area contributed by atoms with Gasteiger partial charge in [-0.25, -0.2) is 9.59 Å². The van der Waals surface area contributed by atoms with Gasteiger partial charge in [0.1, 0.15) is 6.61 Å². The monoisotopic (exact) mass is 278 g/mol. The van der Waals surface area contributed by atoms with E-state index < -0.39 is 11.9 Å². The topological polar surface area (TPSA) is 93.1 Å². The fourth-order valence-corrected chi connectivity index (χ4v) is 1.22. The van der Waals surface area contributed by atoms with Crippen LogP contribution in [0.2, 0.25) is 0 Å². The number of ether oxygens (including phenoxy) is 2. The molecule has 1 rings (SSSR count). The average Bonchev–Trinajstić information content (AvgIpc) is 2.38. The molecule has 19 heavy (non-hydrogen) atoms. The van der Waals surface area contributed by atoms with E-state index in [-0.39, 0.29) is 67.1 Å². The van der Waals surface area contributed by atoms with Crippen LogP contribution in [-0.2, 0) is 9.47 Å². The Morgan fingerprint density at radius 2 is 1.79 bits per heavy atom.